The molecule has 1 atom stereocenters. The molecule has 0 saturated heterocycles. The summed E-state index contributed by atoms with van der Waals surface area (Å²) in [4.78, 5) is 1.85. The second-order valence-corrected chi connectivity index (χ2v) is 3.74. The van der Waals surface area contributed by atoms with Crippen LogP contribution in [-0.2, 0) is 0 Å². The van der Waals surface area contributed by atoms with Crippen LogP contribution < -0.4 is 0 Å². The van der Waals surface area contributed by atoms with Gasteiger partial charge in [-0.2, -0.15) is 0 Å². The number of aliphatic hydroxyl groups is 1. The zero-order valence-electron chi connectivity index (χ0n) is 8.17. The number of hydrogen-bond acceptors (Lipinski definition) is 2. The van der Waals surface area contributed by atoms with E-state index in [9.17, 15) is 4.39 Å². The molecule has 0 aliphatic carbocycles. The predicted octanol–water partition coefficient (Wildman–Crippen LogP) is 2.07. The third kappa shape index (κ3) is 2.44. The van der Waals surface area contributed by atoms with Crippen molar-refractivity contribution in [1.29, 1.82) is 0 Å². The molecule has 1 rings (SSSR count). The van der Waals surface area contributed by atoms with Gasteiger partial charge in [0.15, 0.2) is 0 Å². The molecular formula is C10H13ClFNO. The lowest BCUT2D eigenvalue weighted by atomic mass is 10.1. The summed E-state index contributed by atoms with van der Waals surface area (Å²) < 4.78 is 12.9. The van der Waals surface area contributed by atoms with Crippen molar-refractivity contribution in [2.24, 2.45) is 0 Å². The smallest absolute Gasteiger partial charge is 0.141 e. The molecule has 2 nitrogen and oxygen atoms in total. The zero-order valence-corrected chi connectivity index (χ0v) is 8.92. The normalized spacial score (nSPS) is 13.3. The lowest BCUT2D eigenvalue weighted by Gasteiger charge is -2.22. The summed E-state index contributed by atoms with van der Waals surface area (Å²) in [5.74, 6) is -0.439. The summed E-state index contributed by atoms with van der Waals surface area (Å²) in [7, 11) is 3.69. The van der Waals surface area contributed by atoms with E-state index in [2.05, 4.69) is 0 Å². The summed E-state index contributed by atoms with van der Waals surface area (Å²) in [6.07, 6.45) is 0. The Bertz CT molecular complexity index is 317. The Morgan fingerprint density at radius 3 is 2.57 bits per heavy atom. The molecule has 0 saturated carbocycles. The minimum atomic E-state index is -0.439. The Hall–Kier alpha value is -0.640. The maximum atomic E-state index is 12.9. The summed E-state index contributed by atoms with van der Waals surface area (Å²) in [5, 5.41) is 9.22. The second-order valence-electron chi connectivity index (χ2n) is 3.34. The third-order valence-electron chi connectivity index (χ3n) is 2.12. The average Bonchev–Trinajstić information content (AvgIpc) is 2.11. The van der Waals surface area contributed by atoms with Gasteiger partial charge in [0.05, 0.1) is 17.7 Å². The highest BCUT2D eigenvalue weighted by atomic mass is 35.5. The fraction of sp³-hybridized carbons (Fsp3) is 0.400. The Kier molecular flexibility index (Phi) is 3.86. The summed E-state index contributed by atoms with van der Waals surface area (Å²) in [5.41, 5.74) is 0.809. The number of benzene rings is 1. The van der Waals surface area contributed by atoms with Gasteiger partial charge in [-0.15, -0.1) is 0 Å². The van der Waals surface area contributed by atoms with Crippen molar-refractivity contribution in [2.45, 2.75) is 6.04 Å². The molecular weight excluding hydrogens is 205 g/mol. The van der Waals surface area contributed by atoms with Crippen molar-refractivity contribution < 1.29 is 9.50 Å². The molecule has 0 spiro atoms. The van der Waals surface area contributed by atoms with Gasteiger partial charge in [-0.3, -0.25) is 0 Å². The van der Waals surface area contributed by atoms with Crippen LogP contribution >= 0.6 is 11.6 Å². The molecule has 0 fully saturated rings. The first-order valence-electron chi connectivity index (χ1n) is 4.28. The van der Waals surface area contributed by atoms with E-state index in [1.54, 1.807) is 6.07 Å². The molecule has 1 unspecified atom stereocenters. The Morgan fingerprint density at radius 2 is 2.14 bits per heavy atom. The van der Waals surface area contributed by atoms with Gasteiger partial charge < -0.3 is 10.0 Å². The minimum absolute atomic E-state index is 0.0189. The third-order valence-corrected chi connectivity index (χ3v) is 2.41. The van der Waals surface area contributed by atoms with E-state index in [0.717, 1.165) is 5.56 Å². The van der Waals surface area contributed by atoms with Crippen molar-refractivity contribution in [3.05, 3.63) is 34.6 Å². The quantitative estimate of drug-likeness (QED) is 0.838. The number of nitrogens with zero attached hydrogens (tertiary/aromatic N) is 1. The molecule has 0 amide bonds. The maximum absolute atomic E-state index is 12.9. The molecule has 0 radical (unpaired) electrons. The highest BCUT2D eigenvalue weighted by molar-refractivity contribution is 6.30. The van der Waals surface area contributed by atoms with E-state index in [-0.39, 0.29) is 17.7 Å². The molecule has 4 heteroatoms. The lowest BCUT2D eigenvalue weighted by Crippen LogP contribution is -2.23. The first kappa shape index (κ1) is 11.4. The highest BCUT2D eigenvalue weighted by Crippen LogP contribution is 2.23. The van der Waals surface area contributed by atoms with Crippen molar-refractivity contribution in [3.8, 4) is 0 Å². The van der Waals surface area contributed by atoms with E-state index in [0.29, 0.717) is 0 Å². The number of aliphatic hydroxyl groups excluding tert-OH is 1. The molecule has 0 bridgehead atoms. The van der Waals surface area contributed by atoms with Crippen LogP contribution in [0.3, 0.4) is 0 Å². The van der Waals surface area contributed by atoms with Crippen LogP contribution in [0.2, 0.25) is 5.02 Å². The van der Waals surface area contributed by atoms with Crippen LogP contribution in [0.4, 0.5) is 4.39 Å². The number of hydrogen-bond donors (Lipinski definition) is 1. The number of halogens is 2. The number of likely N-dealkylation sites (N-methyl/N-ethyl adjacent to an activating group) is 1. The Balaban J connectivity index is 3.00. The van der Waals surface area contributed by atoms with Crippen molar-refractivity contribution in [2.75, 3.05) is 20.7 Å². The molecule has 1 N–H and O–H groups in total. The van der Waals surface area contributed by atoms with Crippen molar-refractivity contribution >= 4 is 11.6 Å². The van der Waals surface area contributed by atoms with Crippen LogP contribution in [0.15, 0.2) is 18.2 Å². The van der Waals surface area contributed by atoms with Gasteiger partial charge in [-0.1, -0.05) is 17.7 Å². The van der Waals surface area contributed by atoms with E-state index >= 15 is 0 Å². The van der Waals surface area contributed by atoms with E-state index in [4.69, 9.17) is 16.7 Å². The monoisotopic (exact) mass is 217 g/mol. The van der Waals surface area contributed by atoms with Crippen LogP contribution in [0, 0.1) is 5.82 Å². The van der Waals surface area contributed by atoms with Crippen LogP contribution in [0.5, 0.6) is 0 Å². The van der Waals surface area contributed by atoms with Gasteiger partial charge in [0.25, 0.3) is 0 Å². The fourth-order valence-electron chi connectivity index (χ4n) is 1.29. The molecule has 1 aromatic rings. The average molecular weight is 218 g/mol. The minimum Gasteiger partial charge on any atom is -0.394 e. The van der Waals surface area contributed by atoms with Crippen LogP contribution in [0.25, 0.3) is 0 Å². The van der Waals surface area contributed by atoms with E-state index in [1.807, 2.05) is 19.0 Å². The second kappa shape index (κ2) is 4.73. The molecule has 0 aliphatic heterocycles. The van der Waals surface area contributed by atoms with Crippen molar-refractivity contribution in [1.82, 2.24) is 4.90 Å². The van der Waals surface area contributed by atoms with Gasteiger partial charge in [0.2, 0.25) is 0 Å². The van der Waals surface area contributed by atoms with Gasteiger partial charge >= 0.3 is 0 Å². The first-order chi connectivity index (χ1) is 6.56. The lowest BCUT2D eigenvalue weighted by molar-refractivity contribution is 0.171. The van der Waals surface area contributed by atoms with Gasteiger partial charge in [0, 0.05) is 0 Å². The molecule has 1 aromatic carbocycles. The molecule has 0 aliphatic rings. The van der Waals surface area contributed by atoms with Crippen molar-refractivity contribution in [3.63, 3.8) is 0 Å². The first-order valence-corrected chi connectivity index (χ1v) is 4.66. The standard InChI is InChI=1S/C10H13ClFNO/c1-13(2)10(6-14)7-3-4-9(12)8(11)5-7/h3-5,10,14H,6H2,1-2H3. The van der Waals surface area contributed by atoms with Gasteiger partial charge in [-0.25, -0.2) is 4.39 Å². The summed E-state index contributed by atoms with van der Waals surface area (Å²) in [6.45, 7) is -0.0189. The predicted molar refractivity (Wildman–Crippen MR) is 54.9 cm³/mol. The maximum Gasteiger partial charge on any atom is 0.141 e. The topological polar surface area (TPSA) is 23.5 Å². The van der Waals surface area contributed by atoms with E-state index < -0.39 is 5.82 Å². The van der Waals surface area contributed by atoms with E-state index in [1.165, 1.54) is 12.1 Å². The van der Waals surface area contributed by atoms with Crippen LogP contribution in [-0.4, -0.2) is 30.7 Å². The zero-order chi connectivity index (χ0) is 10.7. The highest BCUT2D eigenvalue weighted by Gasteiger charge is 2.13. The fourth-order valence-corrected chi connectivity index (χ4v) is 1.48. The molecule has 0 heterocycles. The summed E-state index contributed by atoms with van der Waals surface area (Å²) in [6, 6.07) is 4.33. The molecule has 0 aromatic heterocycles. The molecule has 78 valence electrons. The van der Waals surface area contributed by atoms with Gasteiger partial charge in [0.1, 0.15) is 5.82 Å². The van der Waals surface area contributed by atoms with Crippen LogP contribution in [0.1, 0.15) is 11.6 Å². The number of rotatable bonds is 3. The summed E-state index contributed by atoms with van der Waals surface area (Å²) >= 11 is 5.64. The Morgan fingerprint density at radius 1 is 1.50 bits per heavy atom. The SMILES string of the molecule is CN(C)C(CO)c1ccc(F)c(Cl)c1. The largest absolute Gasteiger partial charge is 0.394 e. The van der Waals surface area contributed by atoms with Gasteiger partial charge in [-0.05, 0) is 31.8 Å². The molecule has 14 heavy (non-hydrogen) atoms. The Labute approximate surface area is 87.9 Å².